The maximum absolute atomic E-state index is 13.3. The van der Waals surface area contributed by atoms with Crippen molar-refractivity contribution in [2.24, 2.45) is 0 Å². The van der Waals surface area contributed by atoms with Crippen molar-refractivity contribution in [1.82, 2.24) is 4.98 Å². The Morgan fingerprint density at radius 1 is 0.844 bits per heavy atom. The number of hydrogen-bond acceptors (Lipinski definition) is 6. The molecule has 3 aromatic carbocycles. The van der Waals surface area contributed by atoms with Crippen molar-refractivity contribution in [1.29, 1.82) is 0 Å². The zero-order valence-electron chi connectivity index (χ0n) is 17.5. The van der Waals surface area contributed by atoms with Gasteiger partial charge in [-0.25, -0.2) is 9.59 Å². The van der Waals surface area contributed by atoms with Crippen molar-refractivity contribution in [2.45, 2.75) is 0 Å². The van der Waals surface area contributed by atoms with Gasteiger partial charge in [-0.1, -0.05) is 48.5 Å². The molecule has 0 amide bonds. The van der Waals surface area contributed by atoms with E-state index in [1.165, 1.54) is 14.2 Å². The first kappa shape index (κ1) is 20.9. The molecule has 0 saturated carbocycles. The minimum absolute atomic E-state index is 0.121. The van der Waals surface area contributed by atoms with E-state index in [1.807, 2.05) is 42.5 Å². The van der Waals surface area contributed by atoms with Crippen LogP contribution in [0.3, 0.4) is 0 Å². The monoisotopic (exact) mass is 428 g/mol. The highest BCUT2D eigenvalue weighted by Crippen LogP contribution is 2.29. The van der Waals surface area contributed by atoms with Gasteiger partial charge in [0, 0.05) is 16.3 Å². The summed E-state index contributed by atoms with van der Waals surface area (Å²) in [5.74, 6) is -1.47. The van der Waals surface area contributed by atoms with Gasteiger partial charge in [-0.3, -0.25) is 4.79 Å². The summed E-state index contributed by atoms with van der Waals surface area (Å²) in [6.45, 7) is 0. The summed E-state index contributed by atoms with van der Waals surface area (Å²) in [4.78, 5) is 40.6. The number of hydrogen-bond donors (Lipinski definition) is 2. The Morgan fingerprint density at radius 3 is 2.22 bits per heavy atom. The van der Waals surface area contributed by atoms with Crippen LogP contribution in [0.5, 0.6) is 0 Å². The van der Waals surface area contributed by atoms with E-state index in [-0.39, 0.29) is 11.1 Å². The number of aromatic nitrogens is 1. The molecule has 4 rings (SSSR count). The van der Waals surface area contributed by atoms with Crippen LogP contribution < -0.4 is 10.7 Å². The average Bonchev–Trinajstić information content (AvgIpc) is 2.83. The number of carbonyl (C=O) groups excluding carboxylic acids is 2. The van der Waals surface area contributed by atoms with Crippen molar-refractivity contribution in [3.63, 3.8) is 0 Å². The molecule has 0 fully saturated rings. The third-order valence-corrected chi connectivity index (χ3v) is 5.09. The Bertz CT molecular complexity index is 1420. The number of benzene rings is 3. The fraction of sp³-hybridized carbons (Fsp3) is 0.0800. The molecule has 1 aromatic heterocycles. The summed E-state index contributed by atoms with van der Waals surface area (Å²) in [6.07, 6.45) is 0.999. The van der Waals surface area contributed by atoms with E-state index in [0.717, 1.165) is 17.2 Å². The highest BCUT2D eigenvalue weighted by atomic mass is 16.5. The van der Waals surface area contributed by atoms with Crippen LogP contribution in [0, 0.1) is 0 Å². The summed E-state index contributed by atoms with van der Waals surface area (Å²) in [5.41, 5.74) is 3.16. The first-order valence-corrected chi connectivity index (χ1v) is 9.81. The number of nitrogens with one attached hydrogen (secondary N) is 2. The Kier molecular flexibility index (Phi) is 5.72. The molecule has 0 atom stereocenters. The Labute approximate surface area is 183 Å². The second kappa shape index (κ2) is 8.77. The smallest absolute Gasteiger partial charge is 0.354 e. The molecule has 0 aliphatic heterocycles. The van der Waals surface area contributed by atoms with E-state index < -0.39 is 11.9 Å². The average molecular weight is 428 g/mol. The van der Waals surface area contributed by atoms with Gasteiger partial charge in [0.05, 0.1) is 37.0 Å². The molecule has 32 heavy (non-hydrogen) atoms. The molecule has 1 heterocycles. The van der Waals surface area contributed by atoms with Gasteiger partial charge in [0.25, 0.3) is 0 Å². The normalized spacial score (nSPS) is 11.4. The summed E-state index contributed by atoms with van der Waals surface area (Å²) in [6, 6.07) is 20.4. The molecule has 7 heteroatoms. The van der Waals surface area contributed by atoms with Gasteiger partial charge in [-0.2, -0.15) is 0 Å². The van der Waals surface area contributed by atoms with Crippen LogP contribution in [0.2, 0.25) is 0 Å². The van der Waals surface area contributed by atoms with Crippen LogP contribution in [-0.4, -0.2) is 31.1 Å². The topological polar surface area (TPSA) is 97.5 Å². The second-order valence-corrected chi connectivity index (χ2v) is 6.97. The molecule has 0 bridgehead atoms. The van der Waals surface area contributed by atoms with Crippen molar-refractivity contribution in [3.05, 3.63) is 88.7 Å². The quantitative estimate of drug-likeness (QED) is 0.283. The zero-order chi connectivity index (χ0) is 22.7. The van der Waals surface area contributed by atoms with Crippen molar-refractivity contribution >= 4 is 39.4 Å². The largest absolute Gasteiger partial charge is 0.466 e. The molecule has 2 N–H and O–H groups in total. The first-order valence-electron chi connectivity index (χ1n) is 9.81. The molecule has 7 nitrogen and oxygen atoms in total. The molecular formula is C25H20N2O5. The SMILES string of the molecule is COC(=O)/C=C(/Nc1cccc2c(=O)c3cccc(-c4ccccc4)c3[nH]c12)C(=O)OC. The number of para-hydroxylation sites is 2. The Hall–Kier alpha value is -4.39. The van der Waals surface area contributed by atoms with Crippen LogP contribution >= 0.6 is 0 Å². The third-order valence-electron chi connectivity index (χ3n) is 5.09. The van der Waals surface area contributed by atoms with Gasteiger partial charge in [-0.05, 0) is 23.8 Å². The van der Waals surface area contributed by atoms with Gasteiger partial charge in [0.1, 0.15) is 5.70 Å². The molecule has 4 aromatic rings. The lowest BCUT2D eigenvalue weighted by Gasteiger charge is -2.14. The molecule has 0 aliphatic carbocycles. The number of rotatable bonds is 5. The molecule has 0 saturated heterocycles. The summed E-state index contributed by atoms with van der Waals surface area (Å²) >= 11 is 0. The molecule has 0 aliphatic rings. The summed E-state index contributed by atoms with van der Waals surface area (Å²) in [7, 11) is 2.42. The number of ether oxygens (including phenoxy) is 2. The molecule has 160 valence electrons. The minimum atomic E-state index is -0.750. The molecule has 0 spiro atoms. The fourth-order valence-corrected chi connectivity index (χ4v) is 3.56. The van der Waals surface area contributed by atoms with Crippen molar-refractivity contribution < 1.29 is 19.1 Å². The van der Waals surface area contributed by atoms with Crippen LogP contribution in [0.1, 0.15) is 0 Å². The first-order chi connectivity index (χ1) is 15.5. The number of esters is 2. The number of methoxy groups -OCH3 is 2. The van der Waals surface area contributed by atoms with Gasteiger partial charge < -0.3 is 19.8 Å². The zero-order valence-corrected chi connectivity index (χ0v) is 17.5. The third kappa shape index (κ3) is 3.83. The minimum Gasteiger partial charge on any atom is -0.466 e. The van der Waals surface area contributed by atoms with Crippen molar-refractivity contribution in [2.75, 3.05) is 19.5 Å². The van der Waals surface area contributed by atoms with Crippen molar-refractivity contribution in [3.8, 4) is 11.1 Å². The lowest BCUT2D eigenvalue weighted by molar-refractivity contribution is -0.138. The highest BCUT2D eigenvalue weighted by molar-refractivity contribution is 6.05. The molecular weight excluding hydrogens is 408 g/mol. The number of aromatic amines is 1. The van der Waals surface area contributed by atoms with Gasteiger partial charge in [0.2, 0.25) is 0 Å². The summed E-state index contributed by atoms with van der Waals surface area (Å²) in [5, 5.41) is 3.89. The number of pyridine rings is 1. The maximum Gasteiger partial charge on any atom is 0.354 e. The number of fused-ring (bicyclic) bond motifs is 2. The van der Waals surface area contributed by atoms with Crippen LogP contribution in [0.25, 0.3) is 32.9 Å². The Morgan fingerprint density at radius 2 is 1.53 bits per heavy atom. The predicted octanol–water partition coefficient (Wildman–Crippen LogP) is 3.99. The van der Waals surface area contributed by atoms with Gasteiger partial charge in [0.15, 0.2) is 5.43 Å². The van der Waals surface area contributed by atoms with E-state index in [0.29, 0.717) is 27.5 Å². The van der Waals surface area contributed by atoms with Crippen LogP contribution in [0.4, 0.5) is 5.69 Å². The van der Waals surface area contributed by atoms with E-state index in [9.17, 15) is 14.4 Å². The van der Waals surface area contributed by atoms with E-state index in [1.54, 1.807) is 24.3 Å². The number of anilines is 1. The van der Waals surface area contributed by atoms with E-state index >= 15 is 0 Å². The standard InChI is InChI=1S/C25H20N2O5/c1-31-21(28)14-20(25(30)32-2)26-19-13-7-12-18-23(19)27-22-16(15-8-4-3-5-9-15)10-6-11-17(22)24(18)29/h3-14,26H,1-2H3,(H,27,29)/b20-14+. The van der Waals surface area contributed by atoms with Crippen LogP contribution in [0.15, 0.2) is 83.3 Å². The van der Waals surface area contributed by atoms with Gasteiger partial charge in [-0.15, -0.1) is 0 Å². The second-order valence-electron chi connectivity index (χ2n) is 6.97. The number of carbonyl (C=O) groups is 2. The van der Waals surface area contributed by atoms with E-state index in [2.05, 4.69) is 15.0 Å². The lowest BCUT2D eigenvalue weighted by atomic mass is 10.0. The fourth-order valence-electron chi connectivity index (χ4n) is 3.56. The Balaban J connectivity index is 1.96. The summed E-state index contributed by atoms with van der Waals surface area (Å²) < 4.78 is 9.38. The molecule has 0 unspecified atom stereocenters. The maximum atomic E-state index is 13.3. The van der Waals surface area contributed by atoms with E-state index in [4.69, 9.17) is 4.74 Å². The predicted molar refractivity (Wildman–Crippen MR) is 123 cm³/mol. The highest BCUT2D eigenvalue weighted by Gasteiger charge is 2.16. The van der Waals surface area contributed by atoms with Crippen LogP contribution in [-0.2, 0) is 19.1 Å². The lowest BCUT2D eigenvalue weighted by Crippen LogP contribution is -2.16. The van der Waals surface area contributed by atoms with Gasteiger partial charge >= 0.3 is 11.9 Å². The molecule has 0 radical (unpaired) electrons. The number of H-pyrrole nitrogens is 1.